The molecule has 10 rings (SSSR count). The minimum Gasteiger partial charge on any atom is -0.247 e. The molecule has 1 aliphatic rings. The fraction of sp³-hybridized carbons (Fsp3) is 0.0784. The van der Waals surface area contributed by atoms with E-state index in [0.717, 1.165) is 18.4 Å². The Labute approximate surface area is 304 Å². The first-order valence-corrected chi connectivity index (χ1v) is 18.5. The largest absolute Gasteiger partial charge is 0.247 e. The van der Waals surface area contributed by atoms with Crippen LogP contribution in [0, 0.1) is 0 Å². The summed E-state index contributed by atoms with van der Waals surface area (Å²) in [6, 6.07) is 64.5. The van der Waals surface area contributed by atoms with Crippen molar-refractivity contribution in [3.8, 4) is 55.6 Å². The van der Waals surface area contributed by atoms with Gasteiger partial charge in [0.2, 0.25) is 0 Å². The third-order valence-electron chi connectivity index (χ3n) is 11.0. The molecule has 9 aromatic rings. The predicted molar refractivity (Wildman–Crippen MR) is 221 cm³/mol. The Hall–Kier alpha value is -6.31. The Balaban J connectivity index is 1.14. The molecule has 0 unspecified atom stereocenters. The van der Waals surface area contributed by atoms with Gasteiger partial charge in [-0.15, -0.1) is 0 Å². The smallest absolute Gasteiger partial charge is 0.0794 e. The first-order chi connectivity index (χ1) is 25.8. The van der Waals surface area contributed by atoms with Crippen molar-refractivity contribution >= 4 is 32.6 Å². The highest BCUT2D eigenvalue weighted by Crippen LogP contribution is 2.42. The number of aryl methyl sites for hydroxylation is 2. The zero-order valence-electron chi connectivity index (χ0n) is 29.0. The molecule has 1 heterocycles. The molecule has 0 aliphatic heterocycles. The van der Waals surface area contributed by atoms with Crippen LogP contribution in [0.3, 0.4) is 0 Å². The first kappa shape index (κ1) is 30.5. The van der Waals surface area contributed by atoms with E-state index in [1.54, 1.807) is 0 Å². The maximum Gasteiger partial charge on any atom is 0.0794 e. The van der Waals surface area contributed by atoms with Crippen molar-refractivity contribution in [3.63, 3.8) is 0 Å². The van der Waals surface area contributed by atoms with E-state index in [-0.39, 0.29) is 0 Å². The lowest BCUT2D eigenvalue weighted by molar-refractivity contribution is 0.689. The Kier molecular flexibility index (Phi) is 7.50. The fourth-order valence-electron chi connectivity index (χ4n) is 8.47. The molecule has 1 heteroatoms. The Bertz CT molecular complexity index is 2780. The van der Waals surface area contributed by atoms with Crippen LogP contribution in [0.2, 0.25) is 0 Å². The van der Waals surface area contributed by atoms with Crippen molar-refractivity contribution in [1.29, 1.82) is 0 Å². The molecule has 1 aromatic heterocycles. The van der Waals surface area contributed by atoms with Gasteiger partial charge in [0.15, 0.2) is 0 Å². The van der Waals surface area contributed by atoms with Gasteiger partial charge in [-0.05, 0) is 110 Å². The van der Waals surface area contributed by atoms with Gasteiger partial charge in [0.05, 0.1) is 11.0 Å². The highest BCUT2D eigenvalue weighted by Gasteiger charge is 2.20. The van der Waals surface area contributed by atoms with E-state index < -0.39 is 0 Å². The molecular weight excluding hydrogens is 627 g/mol. The lowest BCUT2D eigenvalue weighted by atomic mass is 9.86. The maximum atomic E-state index is 5.49. The molecule has 0 saturated carbocycles. The summed E-state index contributed by atoms with van der Waals surface area (Å²) in [5.41, 5.74) is 17.4. The average molecular weight is 664 g/mol. The Morgan fingerprint density at radius 1 is 0.346 bits per heavy atom. The molecule has 52 heavy (non-hydrogen) atoms. The van der Waals surface area contributed by atoms with E-state index in [2.05, 4.69) is 176 Å². The van der Waals surface area contributed by atoms with E-state index in [9.17, 15) is 0 Å². The summed E-state index contributed by atoms with van der Waals surface area (Å²) in [6.45, 7) is 0. The number of aromatic nitrogens is 1. The second kappa shape index (κ2) is 12.8. The van der Waals surface area contributed by atoms with Gasteiger partial charge < -0.3 is 0 Å². The van der Waals surface area contributed by atoms with Crippen LogP contribution in [0.15, 0.2) is 176 Å². The van der Waals surface area contributed by atoms with Gasteiger partial charge in [0, 0.05) is 21.7 Å². The molecule has 1 nitrogen and oxygen atoms in total. The molecule has 0 amide bonds. The molecular formula is C51H37N. The van der Waals surface area contributed by atoms with Crippen LogP contribution in [0.25, 0.3) is 88.2 Å². The van der Waals surface area contributed by atoms with E-state index >= 15 is 0 Å². The summed E-state index contributed by atoms with van der Waals surface area (Å²) in [6.07, 6.45) is 4.72. The van der Waals surface area contributed by atoms with E-state index in [1.165, 1.54) is 107 Å². The standard InChI is InChI=1S/C51H37N/c1-3-13-34(14-4-1)40-27-28-43(48(33-40)35-15-5-2-6-16-35)41-21-11-19-38(31-41)39-20-12-22-42(32-39)49-46-29-25-36-17-7-9-23-44(36)50(46)52-51-45-24-10-8-18-37(45)26-30-47(49)51/h1-7,9,11-17,19-23,25-33H,8,10,18,24H2. The lowest BCUT2D eigenvalue weighted by Gasteiger charge is -2.20. The third-order valence-corrected chi connectivity index (χ3v) is 11.0. The number of pyridine rings is 1. The minimum atomic E-state index is 1.10. The van der Waals surface area contributed by atoms with Gasteiger partial charge in [0.25, 0.3) is 0 Å². The van der Waals surface area contributed by atoms with Gasteiger partial charge in [-0.3, -0.25) is 0 Å². The second-order valence-electron chi connectivity index (χ2n) is 14.1. The molecule has 0 N–H and O–H groups in total. The predicted octanol–water partition coefficient (Wildman–Crippen LogP) is 13.8. The van der Waals surface area contributed by atoms with Crippen LogP contribution < -0.4 is 0 Å². The van der Waals surface area contributed by atoms with E-state index in [0.29, 0.717) is 0 Å². The van der Waals surface area contributed by atoms with Crippen LogP contribution in [-0.2, 0) is 12.8 Å². The summed E-state index contributed by atoms with van der Waals surface area (Å²) in [5.74, 6) is 0. The molecule has 0 atom stereocenters. The molecule has 0 saturated heterocycles. The average Bonchev–Trinajstić information content (AvgIpc) is 3.23. The van der Waals surface area contributed by atoms with Gasteiger partial charge in [-0.1, -0.05) is 158 Å². The minimum absolute atomic E-state index is 1.10. The fourth-order valence-corrected chi connectivity index (χ4v) is 8.47. The van der Waals surface area contributed by atoms with Gasteiger partial charge in [0.1, 0.15) is 0 Å². The van der Waals surface area contributed by atoms with Crippen LogP contribution in [0.4, 0.5) is 0 Å². The lowest BCUT2D eigenvalue weighted by Crippen LogP contribution is -2.05. The van der Waals surface area contributed by atoms with Crippen molar-refractivity contribution in [2.24, 2.45) is 0 Å². The first-order valence-electron chi connectivity index (χ1n) is 18.5. The van der Waals surface area contributed by atoms with Crippen molar-refractivity contribution in [3.05, 3.63) is 187 Å². The molecule has 0 radical (unpaired) electrons. The highest BCUT2D eigenvalue weighted by molar-refractivity contribution is 6.17. The quantitative estimate of drug-likeness (QED) is 0.132. The normalized spacial score (nSPS) is 12.7. The van der Waals surface area contributed by atoms with Crippen molar-refractivity contribution in [2.75, 3.05) is 0 Å². The highest BCUT2D eigenvalue weighted by atomic mass is 14.7. The summed E-state index contributed by atoms with van der Waals surface area (Å²) in [4.78, 5) is 5.49. The number of hydrogen-bond acceptors (Lipinski definition) is 1. The number of benzene rings is 8. The number of fused-ring (bicyclic) bond motifs is 6. The van der Waals surface area contributed by atoms with Crippen LogP contribution >= 0.6 is 0 Å². The van der Waals surface area contributed by atoms with Crippen molar-refractivity contribution in [2.45, 2.75) is 25.7 Å². The summed E-state index contributed by atoms with van der Waals surface area (Å²) >= 11 is 0. The molecule has 1 aliphatic carbocycles. The SMILES string of the molecule is c1ccc(-c2ccc(-c3cccc(-c4cccc(-c5c6ccc7c(c6nc6c5ccc5ccccc56)CCCC7)c4)c3)c(-c3ccccc3)c2)cc1. The van der Waals surface area contributed by atoms with Gasteiger partial charge >= 0.3 is 0 Å². The molecule has 8 aromatic carbocycles. The number of nitrogens with zero attached hydrogens (tertiary/aromatic N) is 1. The third kappa shape index (κ3) is 5.29. The van der Waals surface area contributed by atoms with Gasteiger partial charge in [-0.2, -0.15) is 0 Å². The molecule has 0 bridgehead atoms. The maximum absolute atomic E-state index is 5.49. The number of rotatable bonds is 5. The van der Waals surface area contributed by atoms with Crippen LogP contribution in [0.5, 0.6) is 0 Å². The van der Waals surface area contributed by atoms with Gasteiger partial charge in [-0.25, -0.2) is 4.98 Å². The zero-order chi connectivity index (χ0) is 34.4. The summed E-state index contributed by atoms with van der Waals surface area (Å²) in [7, 11) is 0. The molecule has 246 valence electrons. The second-order valence-corrected chi connectivity index (χ2v) is 14.1. The molecule has 0 spiro atoms. The van der Waals surface area contributed by atoms with Crippen molar-refractivity contribution in [1.82, 2.24) is 4.98 Å². The van der Waals surface area contributed by atoms with E-state index in [1.807, 2.05) is 0 Å². The van der Waals surface area contributed by atoms with Crippen LogP contribution in [-0.4, -0.2) is 4.98 Å². The van der Waals surface area contributed by atoms with Crippen molar-refractivity contribution < 1.29 is 0 Å². The van der Waals surface area contributed by atoms with Crippen LogP contribution in [0.1, 0.15) is 24.0 Å². The zero-order valence-corrected chi connectivity index (χ0v) is 29.0. The number of hydrogen-bond donors (Lipinski definition) is 0. The Morgan fingerprint density at radius 2 is 0.962 bits per heavy atom. The summed E-state index contributed by atoms with van der Waals surface area (Å²) < 4.78 is 0. The summed E-state index contributed by atoms with van der Waals surface area (Å²) in [5, 5.41) is 4.90. The topological polar surface area (TPSA) is 12.9 Å². The molecule has 0 fully saturated rings. The monoisotopic (exact) mass is 663 g/mol. The Morgan fingerprint density at radius 3 is 1.79 bits per heavy atom. The van der Waals surface area contributed by atoms with E-state index in [4.69, 9.17) is 4.98 Å².